The van der Waals surface area contributed by atoms with Gasteiger partial charge >= 0.3 is 5.97 Å². The van der Waals surface area contributed by atoms with Crippen LogP contribution in [-0.2, 0) is 4.79 Å². The molecule has 0 amide bonds. The largest absolute Gasteiger partial charge is 0.426 e. The summed E-state index contributed by atoms with van der Waals surface area (Å²) in [6, 6.07) is 17.2. The Balaban J connectivity index is 2.39. The van der Waals surface area contributed by atoms with Crippen molar-refractivity contribution >= 4 is 11.5 Å². The van der Waals surface area contributed by atoms with Gasteiger partial charge in [0.25, 0.3) is 0 Å². The monoisotopic (exact) mass is 238 g/mol. The molecule has 0 saturated carbocycles. The molecule has 0 aliphatic rings. The second-order valence-corrected chi connectivity index (χ2v) is 3.93. The Hall–Kier alpha value is -2.35. The molecule has 0 unspecified atom stereocenters. The Kier molecular flexibility index (Phi) is 3.58. The van der Waals surface area contributed by atoms with E-state index < -0.39 is 0 Å². The number of hydrogen-bond acceptors (Lipinski definition) is 2. The zero-order chi connectivity index (χ0) is 13.0. The Morgan fingerprint density at radius 3 is 2.28 bits per heavy atom. The van der Waals surface area contributed by atoms with E-state index in [1.165, 1.54) is 6.92 Å². The van der Waals surface area contributed by atoms with E-state index >= 15 is 0 Å². The van der Waals surface area contributed by atoms with Gasteiger partial charge in [-0.3, -0.25) is 4.79 Å². The maximum absolute atomic E-state index is 11.1. The Bertz CT molecular complexity index is 571. The summed E-state index contributed by atoms with van der Waals surface area (Å²) in [6.07, 6.45) is 0. The molecular formula is C16H14O2. The van der Waals surface area contributed by atoms with E-state index in [4.69, 9.17) is 4.74 Å². The van der Waals surface area contributed by atoms with Gasteiger partial charge in [-0.25, -0.2) is 0 Å². The van der Waals surface area contributed by atoms with Gasteiger partial charge in [0.05, 0.1) is 0 Å². The first-order valence-electron chi connectivity index (χ1n) is 5.70. The van der Waals surface area contributed by atoms with E-state index in [0.717, 1.165) is 16.7 Å². The van der Waals surface area contributed by atoms with Gasteiger partial charge in [0, 0.05) is 12.5 Å². The van der Waals surface area contributed by atoms with Crippen molar-refractivity contribution in [3.8, 4) is 5.75 Å². The molecule has 2 aromatic carbocycles. The molecule has 0 bridgehead atoms. The highest BCUT2D eigenvalue weighted by atomic mass is 16.5. The molecule has 90 valence electrons. The molecule has 0 N–H and O–H groups in total. The van der Waals surface area contributed by atoms with Crippen molar-refractivity contribution in [2.45, 2.75) is 6.92 Å². The molecule has 18 heavy (non-hydrogen) atoms. The molecule has 0 aliphatic heterocycles. The van der Waals surface area contributed by atoms with Crippen molar-refractivity contribution in [3.05, 3.63) is 72.3 Å². The summed E-state index contributed by atoms with van der Waals surface area (Å²) in [5.74, 6) is 0.210. The highest BCUT2D eigenvalue weighted by Crippen LogP contribution is 2.29. The number of carbonyl (C=O) groups excluding carboxylic acids is 1. The standard InChI is InChI=1S/C16H14O2/c1-12(14-8-4-3-5-9-14)15-10-6-7-11-16(15)18-13(2)17/h3-11H,1H2,2H3. The molecule has 2 rings (SSSR count). The molecular weight excluding hydrogens is 224 g/mol. The first kappa shape index (κ1) is 12.1. The number of para-hydroxylation sites is 1. The molecule has 0 fully saturated rings. The van der Waals surface area contributed by atoms with Gasteiger partial charge in [-0.15, -0.1) is 0 Å². The van der Waals surface area contributed by atoms with Gasteiger partial charge < -0.3 is 4.74 Å². The number of rotatable bonds is 3. The predicted molar refractivity (Wildman–Crippen MR) is 72.3 cm³/mol. The zero-order valence-electron chi connectivity index (χ0n) is 10.2. The lowest BCUT2D eigenvalue weighted by atomic mass is 9.99. The van der Waals surface area contributed by atoms with E-state index in [1.54, 1.807) is 6.07 Å². The van der Waals surface area contributed by atoms with Gasteiger partial charge in [-0.2, -0.15) is 0 Å². The summed E-state index contributed by atoms with van der Waals surface area (Å²) in [6.45, 7) is 5.46. The molecule has 0 heterocycles. The number of hydrogen-bond donors (Lipinski definition) is 0. The van der Waals surface area contributed by atoms with E-state index in [-0.39, 0.29) is 5.97 Å². The number of benzene rings is 2. The lowest BCUT2D eigenvalue weighted by Crippen LogP contribution is -2.03. The van der Waals surface area contributed by atoms with Crippen LogP contribution in [0.5, 0.6) is 5.75 Å². The maximum atomic E-state index is 11.1. The second-order valence-electron chi connectivity index (χ2n) is 3.93. The summed E-state index contributed by atoms with van der Waals surface area (Å²) in [5.41, 5.74) is 2.68. The summed E-state index contributed by atoms with van der Waals surface area (Å²) >= 11 is 0. The quantitative estimate of drug-likeness (QED) is 0.602. The summed E-state index contributed by atoms with van der Waals surface area (Å²) in [5, 5.41) is 0. The van der Waals surface area contributed by atoms with E-state index in [0.29, 0.717) is 5.75 Å². The Labute approximate surface area is 107 Å². The fraction of sp³-hybridized carbons (Fsp3) is 0.0625. The molecule has 0 aliphatic carbocycles. The third kappa shape index (κ3) is 2.66. The topological polar surface area (TPSA) is 26.3 Å². The van der Waals surface area contributed by atoms with Gasteiger partial charge in [0.15, 0.2) is 0 Å². The van der Waals surface area contributed by atoms with Gasteiger partial charge in [0.1, 0.15) is 5.75 Å². The number of esters is 1. The van der Waals surface area contributed by atoms with Crippen molar-refractivity contribution in [1.82, 2.24) is 0 Å². The predicted octanol–water partition coefficient (Wildman–Crippen LogP) is 3.67. The summed E-state index contributed by atoms with van der Waals surface area (Å²) < 4.78 is 5.19. The summed E-state index contributed by atoms with van der Waals surface area (Å²) in [7, 11) is 0. The van der Waals surface area contributed by atoms with Crippen molar-refractivity contribution in [2.24, 2.45) is 0 Å². The molecule has 0 saturated heterocycles. The van der Waals surface area contributed by atoms with Crippen LogP contribution < -0.4 is 4.74 Å². The van der Waals surface area contributed by atoms with Crippen LogP contribution in [0.2, 0.25) is 0 Å². The van der Waals surface area contributed by atoms with Crippen LogP contribution in [0.1, 0.15) is 18.1 Å². The van der Waals surface area contributed by atoms with Crippen molar-refractivity contribution in [3.63, 3.8) is 0 Å². The van der Waals surface area contributed by atoms with Crippen LogP contribution in [-0.4, -0.2) is 5.97 Å². The highest BCUT2D eigenvalue weighted by molar-refractivity contribution is 5.82. The van der Waals surface area contributed by atoms with Crippen LogP contribution >= 0.6 is 0 Å². The first-order valence-corrected chi connectivity index (χ1v) is 5.70. The normalized spacial score (nSPS) is 9.83. The van der Waals surface area contributed by atoms with E-state index in [1.807, 2.05) is 48.5 Å². The third-order valence-electron chi connectivity index (χ3n) is 2.59. The van der Waals surface area contributed by atoms with Crippen molar-refractivity contribution in [1.29, 1.82) is 0 Å². The van der Waals surface area contributed by atoms with Crippen LogP contribution in [0, 0.1) is 0 Å². The Morgan fingerprint density at radius 1 is 1.00 bits per heavy atom. The minimum Gasteiger partial charge on any atom is -0.426 e. The number of carbonyl (C=O) groups is 1. The fourth-order valence-corrected chi connectivity index (χ4v) is 1.75. The van der Waals surface area contributed by atoms with Crippen molar-refractivity contribution in [2.75, 3.05) is 0 Å². The minimum absolute atomic E-state index is 0.330. The number of ether oxygens (including phenoxy) is 1. The van der Waals surface area contributed by atoms with E-state index in [2.05, 4.69) is 6.58 Å². The molecule has 2 aromatic rings. The lowest BCUT2D eigenvalue weighted by Gasteiger charge is -2.11. The van der Waals surface area contributed by atoms with Crippen molar-refractivity contribution < 1.29 is 9.53 Å². The zero-order valence-corrected chi connectivity index (χ0v) is 10.2. The first-order chi connectivity index (χ1) is 8.68. The van der Waals surface area contributed by atoms with Gasteiger partial charge in [-0.1, -0.05) is 55.1 Å². The minimum atomic E-state index is -0.330. The van der Waals surface area contributed by atoms with E-state index in [9.17, 15) is 4.79 Å². The lowest BCUT2D eigenvalue weighted by molar-refractivity contribution is -0.131. The van der Waals surface area contributed by atoms with Crippen LogP contribution in [0.3, 0.4) is 0 Å². The smallest absolute Gasteiger partial charge is 0.308 e. The third-order valence-corrected chi connectivity index (χ3v) is 2.59. The van der Waals surface area contributed by atoms with Crippen LogP contribution in [0.4, 0.5) is 0 Å². The molecule has 2 heteroatoms. The average molecular weight is 238 g/mol. The highest BCUT2D eigenvalue weighted by Gasteiger charge is 2.09. The Morgan fingerprint density at radius 2 is 1.61 bits per heavy atom. The molecule has 2 nitrogen and oxygen atoms in total. The maximum Gasteiger partial charge on any atom is 0.308 e. The molecule has 0 atom stereocenters. The fourth-order valence-electron chi connectivity index (χ4n) is 1.75. The molecule has 0 spiro atoms. The molecule has 0 aromatic heterocycles. The van der Waals surface area contributed by atoms with Crippen LogP contribution in [0.15, 0.2) is 61.2 Å². The second kappa shape index (κ2) is 5.32. The van der Waals surface area contributed by atoms with Gasteiger partial charge in [-0.05, 0) is 17.2 Å². The SMILES string of the molecule is C=C(c1ccccc1)c1ccccc1OC(C)=O. The molecule has 0 radical (unpaired) electrons. The van der Waals surface area contributed by atoms with Crippen LogP contribution in [0.25, 0.3) is 5.57 Å². The average Bonchev–Trinajstić information content (AvgIpc) is 2.39. The van der Waals surface area contributed by atoms with Gasteiger partial charge in [0.2, 0.25) is 0 Å². The summed E-state index contributed by atoms with van der Waals surface area (Å²) in [4.78, 5) is 11.1.